The van der Waals surface area contributed by atoms with Gasteiger partial charge in [-0.2, -0.15) is 13.2 Å². The lowest BCUT2D eigenvalue weighted by molar-refractivity contribution is -0.140. The number of anilines is 1. The molecule has 2 atom stereocenters. The van der Waals surface area contributed by atoms with E-state index in [1.807, 2.05) is 13.1 Å². The monoisotopic (exact) mass is 460 g/mol. The number of aldehydes is 1. The fraction of sp³-hybridized carbons (Fsp3) is 0.583. The Labute approximate surface area is 188 Å². The number of rotatable bonds is 8. The van der Waals surface area contributed by atoms with Gasteiger partial charge < -0.3 is 14.6 Å². The van der Waals surface area contributed by atoms with E-state index in [2.05, 4.69) is 31.2 Å². The van der Waals surface area contributed by atoms with Gasteiger partial charge in [0.1, 0.15) is 12.1 Å². The average molecular weight is 461 g/mol. The minimum Gasteiger partial charge on any atom is -0.357 e. The van der Waals surface area contributed by atoms with Gasteiger partial charge in [0.05, 0.1) is 11.3 Å². The van der Waals surface area contributed by atoms with Crippen molar-refractivity contribution < 1.29 is 26.9 Å². The topological polar surface area (TPSA) is 55.1 Å². The Morgan fingerprint density at radius 1 is 1.16 bits per heavy atom. The van der Waals surface area contributed by atoms with Crippen LogP contribution >= 0.6 is 0 Å². The van der Waals surface area contributed by atoms with E-state index in [4.69, 9.17) is 9.32 Å². The summed E-state index contributed by atoms with van der Waals surface area (Å²) in [5.41, 5.74) is 0.369. The van der Waals surface area contributed by atoms with Crippen LogP contribution in [0.1, 0.15) is 82.5 Å². The third kappa shape index (κ3) is 11.3. The molecule has 2 unspecified atom stereocenters. The highest BCUT2D eigenvalue weighted by molar-refractivity contribution is 5.44. The molecular formula is C24H36F4N2O2. The van der Waals surface area contributed by atoms with Crippen molar-refractivity contribution >= 4 is 12.2 Å². The molecule has 0 saturated heterocycles. The minimum atomic E-state index is -4.60. The molecule has 0 aliphatic rings. The summed E-state index contributed by atoms with van der Waals surface area (Å²) < 4.78 is 53.7. The largest absolute Gasteiger partial charge is 0.419 e. The minimum absolute atomic E-state index is 0.473. The Morgan fingerprint density at radius 3 is 2.22 bits per heavy atom. The molecule has 0 bridgehead atoms. The van der Waals surface area contributed by atoms with E-state index in [-0.39, 0.29) is 0 Å². The lowest BCUT2D eigenvalue weighted by Gasteiger charge is -2.15. The zero-order chi connectivity index (χ0) is 24.7. The number of alkyl halides is 3. The van der Waals surface area contributed by atoms with Crippen LogP contribution in [-0.4, -0.2) is 18.5 Å². The van der Waals surface area contributed by atoms with Crippen molar-refractivity contribution in [1.29, 1.82) is 0 Å². The second-order valence-electron chi connectivity index (χ2n) is 7.66. The first-order valence-electron chi connectivity index (χ1n) is 10.9. The Morgan fingerprint density at radius 2 is 1.78 bits per heavy atom. The molecule has 2 aromatic rings. The maximum absolute atomic E-state index is 12.6. The molecule has 1 aromatic heterocycles. The molecule has 0 radical (unpaired) electrons. The van der Waals surface area contributed by atoms with Crippen LogP contribution in [0.5, 0.6) is 0 Å². The molecule has 0 aliphatic heterocycles. The summed E-state index contributed by atoms with van der Waals surface area (Å²) in [6, 6.07) is 4.87. The predicted octanol–water partition coefficient (Wildman–Crippen LogP) is 7.78. The smallest absolute Gasteiger partial charge is 0.357 e. The lowest BCUT2D eigenvalue weighted by Crippen LogP contribution is -2.07. The highest BCUT2D eigenvalue weighted by atomic mass is 19.4. The molecule has 1 aromatic carbocycles. The van der Waals surface area contributed by atoms with E-state index >= 15 is 0 Å². The van der Waals surface area contributed by atoms with E-state index < -0.39 is 17.6 Å². The Bertz CT molecular complexity index is 776. The molecule has 0 spiro atoms. The summed E-state index contributed by atoms with van der Waals surface area (Å²) in [4.78, 5) is 8.81. The van der Waals surface area contributed by atoms with Gasteiger partial charge in [0.2, 0.25) is 5.88 Å². The number of aromatic nitrogens is 1. The zero-order valence-electron chi connectivity index (χ0n) is 19.9. The molecule has 1 heterocycles. The fourth-order valence-corrected chi connectivity index (χ4v) is 2.93. The molecule has 8 heteroatoms. The van der Waals surface area contributed by atoms with Gasteiger partial charge in [-0.1, -0.05) is 51.3 Å². The molecule has 0 fully saturated rings. The molecule has 32 heavy (non-hydrogen) atoms. The van der Waals surface area contributed by atoms with Crippen LogP contribution in [-0.2, 0) is 11.0 Å². The van der Waals surface area contributed by atoms with E-state index in [1.165, 1.54) is 52.0 Å². The van der Waals surface area contributed by atoms with Crippen LogP contribution in [0.15, 0.2) is 28.8 Å². The molecule has 1 N–H and O–H groups in total. The van der Waals surface area contributed by atoms with Gasteiger partial charge in [-0.15, -0.1) is 0 Å². The summed E-state index contributed by atoms with van der Waals surface area (Å²) in [5.74, 6) is 0.914. The van der Waals surface area contributed by atoms with E-state index in [0.717, 1.165) is 35.9 Å². The van der Waals surface area contributed by atoms with Crippen LogP contribution in [0.25, 0.3) is 0 Å². The third-order valence-electron chi connectivity index (χ3n) is 4.97. The average Bonchev–Trinajstić information content (AvgIpc) is 3.20. The predicted molar refractivity (Wildman–Crippen MR) is 120 cm³/mol. The first-order valence-corrected chi connectivity index (χ1v) is 10.9. The second kappa shape index (κ2) is 15.4. The first kappa shape index (κ1) is 29.6. The number of nitrogens with zero attached hydrogens (tertiary/aromatic N) is 1. The summed E-state index contributed by atoms with van der Waals surface area (Å²) in [6.07, 6.45) is 2.32. The van der Waals surface area contributed by atoms with Crippen LogP contribution < -0.4 is 5.32 Å². The number of carbonyl (C=O) groups excluding carboxylic acids is 1. The van der Waals surface area contributed by atoms with Gasteiger partial charge in [0, 0.05) is 19.0 Å². The quantitative estimate of drug-likeness (QED) is 0.323. The number of hydrogen-bond donors (Lipinski definition) is 1. The van der Waals surface area contributed by atoms with Crippen molar-refractivity contribution in [1.82, 2.24) is 5.16 Å². The number of benzene rings is 1. The van der Waals surface area contributed by atoms with Crippen molar-refractivity contribution in [2.24, 2.45) is 5.92 Å². The maximum atomic E-state index is 12.6. The van der Waals surface area contributed by atoms with Gasteiger partial charge in [-0.3, -0.25) is 0 Å². The SMILES string of the molecule is CC=O.CCCC(CCC(C)CC)c1cc(NC)on1.Cc1ccc(C(F)(F)F)c(F)c1. The third-order valence-corrected chi connectivity index (χ3v) is 4.97. The number of aryl methyl sites for hydroxylation is 1. The summed E-state index contributed by atoms with van der Waals surface area (Å²) in [5, 5.41) is 7.16. The highest BCUT2D eigenvalue weighted by Crippen LogP contribution is 2.31. The van der Waals surface area contributed by atoms with Gasteiger partial charge in [0.25, 0.3) is 0 Å². The first-order chi connectivity index (χ1) is 15.0. The molecule has 2 rings (SSSR count). The van der Waals surface area contributed by atoms with Crippen LogP contribution in [0.3, 0.4) is 0 Å². The van der Waals surface area contributed by atoms with Gasteiger partial charge in [-0.25, -0.2) is 4.39 Å². The normalized spacial score (nSPS) is 12.6. The molecule has 182 valence electrons. The van der Waals surface area contributed by atoms with Crippen molar-refractivity contribution in [3.05, 3.63) is 46.9 Å². The van der Waals surface area contributed by atoms with Crippen molar-refractivity contribution in [2.75, 3.05) is 12.4 Å². The van der Waals surface area contributed by atoms with Gasteiger partial charge in [0.15, 0.2) is 0 Å². The van der Waals surface area contributed by atoms with Gasteiger partial charge >= 0.3 is 6.18 Å². The van der Waals surface area contributed by atoms with Crippen LogP contribution in [0.4, 0.5) is 23.4 Å². The Hall–Kier alpha value is -2.38. The number of hydrogen-bond acceptors (Lipinski definition) is 4. The van der Waals surface area contributed by atoms with Crippen molar-refractivity contribution in [3.8, 4) is 0 Å². The second-order valence-corrected chi connectivity index (χ2v) is 7.66. The number of carbonyl (C=O) groups is 1. The van der Waals surface area contributed by atoms with Crippen molar-refractivity contribution in [3.63, 3.8) is 0 Å². The van der Waals surface area contributed by atoms with Crippen LogP contribution in [0, 0.1) is 18.7 Å². The Balaban J connectivity index is 0.000000559. The molecular weight excluding hydrogens is 424 g/mol. The summed E-state index contributed by atoms with van der Waals surface area (Å²) in [7, 11) is 1.86. The fourth-order valence-electron chi connectivity index (χ4n) is 2.93. The molecule has 0 saturated carbocycles. The van der Waals surface area contributed by atoms with Gasteiger partial charge in [-0.05, 0) is 50.3 Å². The van der Waals surface area contributed by atoms with Crippen LogP contribution in [0.2, 0.25) is 0 Å². The zero-order valence-corrected chi connectivity index (χ0v) is 19.9. The maximum Gasteiger partial charge on any atom is 0.419 e. The lowest BCUT2D eigenvalue weighted by atomic mass is 9.90. The standard InChI is InChI=1S/C14H26N2O.C8H6F4.C2H4O/c1-5-7-12(9-8-11(3)6-2)13-10-14(15-4)17-16-13;1-5-2-3-6(7(9)4-5)8(10,11)12;1-2-3/h10-12,15H,5-9H2,1-4H3;2-4H,1H3;2H,1H3. The number of nitrogens with one attached hydrogen (secondary N) is 1. The van der Waals surface area contributed by atoms with Crippen molar-refractivity contribution in [2.45, 2.75) is 78.8 Å². The molecule has 0 aliphatic carbocycles. The Kier molecular flexibility index (Phi) is 14.3. The molecule has 0 amide bonds. The van der Waals surface area contributed by atoms with E-state index in [0.29, 0.717) is 11.5 Å². The molecule has 4 nitrogen and oxygen atoms in total. The highest BCUT2D eigenvalue weighted by Gasteiger charge is 2.33. The summed E-state index contributed by atoms with van der Waals surface area (Å²) >= 11 is 0. The summed E-state index contributed by atoms with van der Waals surface area (Å²) in [6.45, 7) is 9.79. The van der Waals surface area contributed by atoms with E-state index in [9.17, 15) is 17.6 Å². The number of halogens is 4. The van der Waals surface area contributed by atoms with E-state index in [1.54, 1.807) is 0 Å².